The zero-order valence-corrected chi connectivity index (χ0v) is 15.8. The van der Waals surface area contributed by atoms with E-state index in [-0.39, 0.29) is 0 Å². The lowest BCUT2D eigenvalue weighted by Crippen LogP contribution is -2.32. The Bertz CT molecular complexity index is 890. The lowest BCUT2D eigenvalue weighted by Gasteiger charge is -2.28. The van der Waals surface area contributed by atoms with E-state index in [2.05, 4.69) is 45.4 Å². The molecule has 0 saturated carbocycles. The molecule has 1 fully saturated rings. The Morgan fingerprint density at radius 3 is 2.85 bits per heavy atom. The number of nitrogens with zero attached hydrogens (tertiary/aromatic N) is 3. The standard InChI is InChI=1S/C22H26N4O/c1-26-10-6-17(7-11-26)16-27-22-12-18(4-9-24-22)14-25-21-3-2-20-15-23-8-5-19(20)13-21/h2-5,8-9,12-13,15,17,25H,6-7,10-11,14,16H2,1H3. The Labute approximate surface area is 160 Å². The summed E-state index contributed by atoms with van der Waals surface area (Å²) in [6.07, 6.45) is 7.94. The number of pyridine rings is 2. The number of benzene rings is 1. The molecule has 1 aliphatic rings. The van der Waals surface area contributed by atoms with Crippen molar-refractivity contribution in [1.29, 1.82) is 0 Å². The fourth-order valence-corrected chi connectivity index (χ4v) is 3.47. The Morgan fingerprint density at radius 2 is 1.96 bits per heavy atom. The van der Waals surface area contributed by atoms with Crippen molar-refractivity contribution < 1.29 is 4.74 Å². The summed E-state index contributed by atoms with van der Waals surface area (Å²) in [6, 6.07) is 12.4. The topological polar surface area (TPSA) is 50.3 Å². The molecule has 1 N–H and O–H groups in total. The largest absolute Gasteiger partial charge is 0.477 e. The average molecular weight is 362 g/mol. The van der Waals surface area contributed by atoms with E-state index in [1.165, 1.54) is 23.8 Å². The van der Waals surface area contributed by atoms with Crippen LogP contribution < -0.4 is 10.1 Å². The Kier molecular flexibility index (Phi) is 5.49. The second-order valence-electron chi connectivity index (χ2n) is 7.35. The third-order valence-corrected chi connectivity index (χ3v) is 5.24. The molecule has 0 atom stereocenters. The number of hydrogen-bond donors (Lipinski definition) is 1. The molecule has 0 radical (unpaired) electrons. The van der Waals surface area contributed by atoms with E-state index in [0.29, 0.717) is 5.92 Å². The third-order valence-electron chi connectivity index (χ3n) is 5.24. The van der Waals surface area contributed by atoms with Gasteiger partial charge in [0.1, 0.15) is 0 Å². The average Bonchev–Trinajstić information content (AvgIpc) is 2.72. The predicted molar refractivity (Wildman–Crippen MR) is 109 cm³/mol. The second kappa shape index (κ2) is 8.35. The van der Waals surface area contributed by atoms with Crippen LogP contribution in [0.4, 0.5) is 5.69 Å². The molecule has 1 saturated heterocycles. The molecule has 5 heteroatoms. The third kappa shape index (κ3) is 4.74. The number of rotatable bonds is 6. The molecule has 0 aliphatic carbocycles. The smallest absolute Gasteiger partial charge is 0.213 e. The fraction of sp³-hybridized carbons (Fsp3) is 0.364. The van der Waals surface area contributed by atoms with Gasteiger partial charge >= 0.3 is 0 Å². The van der Waals surface area contributed by atoms with E-state index in [9.17, 15) is 0 Å². The first kappa shape index (κ1) is 17.7. The molecule has 2 aromatic heterocycles. The van der Waals surface area contributed by atoms with Gasteiger partial charge < -0.3 is 15.0 Å². The van der Waals surface area contributed by atoms with Crippen LogP contribution in [0.1, 0.15) is 18.4 Å². The van der Waals surface area contributed by atoms with Crippen molar-refractivity contribution in [2.75, 3.05) is 32.1 Å². The highest BCUT2D eigenvalue weighted by atomic mass is 16.5. The maximum Gasteiger partial charge on any atom is 0.213 e. The minimum Gasteiger partial charge on any atom is -0.477 e. The van der Waals surface area contributed by atoms with Crippen molar-refractivity contribution in [3.05, 3.63) is 60.6 Å². The summed E-state index contributed by atoms with van der Waals surface area (Å²) in [4.78, 5) is 10.9. The highest BCUT2D eigenvalue weighted by molar-refractivity contribution is 5.84. The summed E-state index contributed by atoms with van der Waals surface area (Å²) in [6.45, 7) is 3.82. The molecule has 1 aliphatic heterocycles. The number of piperidine rings is 1. The van der Waals surface area contributed by atoms with Gasteiger partial charge in [0.05, 0.1) is 6.61 Å². The second-order valence-corrected chi connectivity index (χ2v) is 7.35. The van der Waals surface area contributed by atoms with E-state index in [4.69, 9.17) is 4.74 Å². The quantitative estimate of drug-likeness (QED) is 0.719. The van der Waals surface area contributed by atoms with Gasteiger partial charge in [-0.05, 0) is 74.1 Å². The number of likely N-dealkylation sites (tertiary alicyclic amines) is 1. The molecule has 0 spiro atoms. The molecular weight excluding hydrogens is 336 g/mol. The number of fused-ring (bicyclic) bond motifs is 1. The Hall–Kier alpha value is -2.66. The normalized spacial score (nSPS) is 15.7. The van der Waals surface area contributed by atoms with Gasteiger partial charge in [0.25, 0.3) is 0 Å². The summed E-state index contributed by atoms with van der Waals surface area (Å²) >= 11 is 0. The molecule has 0 unspecified atom stereocenters. The van der Waals surface area contributed by atoms with Crippen molar-refractivity contribution in [1.82, 2.24) is 14.9 Å². The van der Waals surface area contributed by atoms with Gasteiger partial charge in [-0.25, -0.2) is 4.98 Å². The first-order valence-electron chi connectivity index (χ1n) is 9.60. The lowest BCUT2D eigenvalue weighted by molar-refractivity contribution is 0.157. The van der Waals surface area contributed by atoms with E-state index < -0.39 is 0 Å². The molecular formula is C22H26N4O. The lowest BCUT2D eigenvalue weighted by atomic mass is 9.98. The molecule has 1 aromatic carbocycles. The molecule has 5 nitrogen and oxygen atoms in total. The molecule has 4 rings (SSSR count). The van der Waals surface area contributed by atoms with Gasteiger partial charge in [-0.1, -0.05) is 6.07 Å². The van der Waals surface area contributed by atoms with Crippen LogP contribution in [0.2, 0.25) is 0 Å². The van der Waals surface area contributed by atoms with E-state index in [1.807, 2.05) is 36.8 Å². The van der Waals surface area contributed by atoms with Crippen LogP contribution in [0.5, 0.6) is 5.88 Å². The van der Waals surface area contributed by atoms with Crippen LogP contribution >= 0.6 is 0 Å². The maximum absolute atomic E-state index is 5.97. The fourth-order valence-electron chi connectivity index (χ4n) is 3.47. The Morgan fingerprint density at radius 1 is 1.07 bits per heavy atom. The van der Waals surface area contributed by atoms with Crippen LogP contribution in [0.25, 0.3) is 10.8 Å². The highest BCUT2D eigenvalue weighted by Crippen LogP contribution is 2.20. The van der Waals surface area contributed by atoms with Crippen molar-refractivity contribution in [3.8, 4) is 5.88 Å². The summed E-state index contributed by atoms with van der Waals surface area (Å²) in [5.74, 6) is 1.36. The van der Waals surface area contributed by atoms with E-state index in [1.54, 1.807) is 0 Å². The summed E-state index contributed by atoms with van der Waals surface area (Å²) < 4.78 is 5.97. The Balaban J connectivity index is 1.33. The van der Waals surface area contributed by atoms with Crippen LogP contribution in [-0.4, -0.2) is 41.6 Å². The summed E-state index contributed by atoms with van der Waals surface area (Å²) in [7, 11) is 2.18. The highest BCUT2D eigenvalue weighted by Gasteiger charge is 2.17. The zero-order valence-electron chi connectivity index (χ0n) is 15.8. The van der Waals surface area contributed by atoms with Crippen molar-refractivity contribution >= 4 is 16.5 Å². The van der Waals surface area contributed by atoms with Crippen LogP contribution in [0.3, 0.4) is 0 Å². The minimum absolute atomic E-state index is 0.636. The zero-order chi connectivity index (χ0) is 18.5. The molecule has 3 aromatic rings. The number of nitrogens with one attached hydrogen (secondary N) is 1. The summed E-state index contributed by atoms with van der Waals surface area (Å²) in [5, 5.41) is 5.82. The predicted octanol–water partition coefficient (Wildman–Crippen LogP) is 3.96. The van der Waals surface area contributed by atoms with Gasteiger partial charge in [0.2, 0.25) is 5.88 Å². The monoisotopic (exact) mass is 362 g/mol. The van der Waals surface area contributed by atoms with Gasteiger partial charge in [0, 0.05) is 42.3 Å². The van der Waals surface area contributed by atoms with Crippen molar-refractivity contribution in [2.24, 2.45) is 5.92 Å². The SMILES string of the molecule is CN1CCC(COc2cc(CNc3ccc4cnccc4c3)ccn2)CC1. The molecule has 0 amide bonds. The van der Waals surface area contributed by atoms with Crippen molar-refractivity contribution in [2.45, 2.75) is 19.4 Å². The molecule has 140 valence electrons. The van der Waals surface area contributed by atoms with E-state index >= 15 is 0 Å². The maximum atomic E-state index is 5.97. The van der Waals surface area contributed by atoms with Crippen LogP contribution in [-0.2, 0) is 6.54 Å². The van der Waals surface area contributed by atoms with Gasteiger partial charge in [-0.2, -0.15) is 0 Å². The van der Waals surface area contributed by atoms with Crippen molar-refractivity contribution in [3.63, 3.8) is 0 Å². The van der Waals surface area contributed by atoms with Gasteiger partial charge in [-0.15, -0.1) is 0 Å². The molecule has 27 heavy (non-hydrogen) atoms. The molecule has 0 bridgehead atoms. The number of aromatic nitrogens is 2. The van der Waals surface area contributed by atoms with Crippen LogP contribution in [0, 0.1) is 5.92 Å². The number of hydrogen-bond acceptors (Lipinski definition) is 5. The van der Waals surface area contributed by atoms with E-state index in [0.717, 1.165) is 43.2 Å². The molecule has 3 heterocycles. The van der Waals surface area contributed by atoms with Gasteiger partial charge in [0.15, 0.2) is 0 Å². The van der Waals surface area contributed by atoms with Crippen LogP contribution in [0.15, 0.2) is 55.0 Å². The summed E-state index contributed by atoms with van der Waals surface area (Å²) in [5.41, 5.74) is 2.26. The number of ether oxygens (including phenoxy) is 1. The van der Waals surface area contributed by atoms with Gasteiger partial charge in [-0.3, -0.25) is 4.98 Å². The first-order chi connectivity index (χ1) is 13.3. The number of anilines is 1. The minimum atomic E-state index is 0.636. The first-order valence-corrected chi connectivity index (χ1v) is 9.60.